The predicted octanol–water partition coefficient (Wildman–Crippen LogP) is 7.46. The fraction of sp³-hybridized carbons (Fsp3) is 0.737. The summed E-state index contributed by atoms with van der Waals surface area (Å²) in [5.74, 6) is 2.21. The topological polar surface area (TPSA) is 435 Å². The highest BCUT2D eigenvalue weighted by Crippen LogP contribution is 2.60. The van der Waals surface area contributed by atoms with E-state index in [0.29, 0.717) is 155 Å². The molecule has 0 spiro atoms. The van der Waals surface area contributed by atoms with E-state index in [9.17, 15) is 43.2 Å². The number of nitrogens with two attached hydrogens (primary N) is 2. The number of carbonyl (C=O) groups is 10. The van der Waals surface area contributed by atoms with Crippen LogP contribution in [0.25, 0.3) is 0 Å². The number of imide groups is 1. The molecule has 8 rings (SSSR count). The summed E-state index contributed by atoms with van der Waals surface area (Å²) in [6.45, 7) is 21.6. The smallest absolute Gasteiger partial charge is 0.312 e. The van der Waals surface area contributed by atoms with Crippen LogP contribution < -0.4 is 64.6 Å². The van der Waals surface area contributed by atoms with Crippen LogP contribution in [0, 0.1) is 47.3 Å². The van der Waals surface area contributed by atoms with Crippen LogP contribution in [0.15, 0.2) is 47.8 Å². The lowest BCUT2D eigenvalue weighted by Crippen LogP contribution is -2.60. The molecule has 2 saturated carbocycles. The average Bonchev–Trinajstić information content (AvgIpc) is 0.720. The van der Waals surface area contributed by atoms with E-state index < -0.39 is 76.1 Å². The van der Waals surface area contributed by atoms with Gasteiger partial charge in [0.1, 0.15) is 37.4 Å². The minimum atomic E-state index is -1.21. The zero-order chi connectivity index (χ0) is 95.4. The van der Waals surface area contributed by atoms with Crippen LogP contribution in [-0.2, 0) is 114 Å². The molecular formula is C99H160N13O20+. The average molecular weight is 1850 g/mol. The molecule has 740 valence electrons. The van der Waals surface area contributed by atoms with Crippen molar-refractivity contribution in [2.45, 2.75) is 263 Å². The van der Waals surface area contributed by atoms with Gasteiger partial charge in [-0.05, 0) is 192 Å². The summed E-state index contributed by atoms with van der Waals surface area (Å²) < 4.78 is 57.9. The van der Waals surface area contributed by atoms with E-state index in [-0.39, 0.29) is 131 Å². The van der Waals surface area contributed by atoms with Gasteiger partial charge in [0, 0.05) is 56.8 Å². The molecule has 6 aliphatic carbocycles. The second-order valence-electron chi connectivity index (χ2n) is 38.6. The lowest BCUT2D eigenvalue weighted by molar-refractivity contribution is -0.869. The second kappa shape index (κ2) is 56.8. The van der Waals surface area contributed by atoms with Crippen molar-refractivity contribution in [3.8, 4) is 11.8 Å². The molecule has 6 aliphatic rings. The van der Waals surface area contributed by atoms with Gasteiger partial charge in [-0.25, -0.2) is 4.79 Å². The Kier molecular flexibility index (Phi) is 46.9. The number of fused-ring (bicyclic) bond motifs is 6. The second-order valence-corrected chi connectivity index (χ2v) is 38.6. The number of quaternary nitrogens is 1. The molecule has 14 N–H and O–H groups in total. The number of anilines is 1. The molecule has 0 bridgehead atoms. The number of nitrogens with zero attached hydrogens (tertiary/aromatic N) is 1. The summed E-state index contributed by atoms with van der Waals surface area (Å²) in [6.07, 6.45) is 17.5. The van der Waals surface area contributed by atoms with Crippen molar-refractivity contribution in [2.75, 3.05) is 185 Å². The van der Waals surface area contributed by atoms with E-state index in [2.05, 4.69) is 132 Å². The molecule has 132 heavy (non-hydrogen) atoms. The van der Waals surface area contributed by atoms with E-state index in [1.54, 1.807) is 13.8 Å². The van der Waals surface area contributed by atoms with E-state index in [1.807, 2.05) is 25.1 Å². The third kappa shape index (κ3) is 36.0. The van der Waals surface area contributed by atoms with Crippen LogP contribution in [0.4, 0.5) is 10.5 Å². The number of unbranched alkanes of at least 4 members (excludes halogenated alkanes) is 1. The van der Waals surface area contributed by atoms with Crippen molar-refractivity contribution in [2.24, 2.45) is 40.1 Å². The summed E-state index contributed by atoms with van der Waals surface area (Å²) in [4.78, 5) is 138. The van der Waals surface area contributed by atoms with Crippen molar-refractivity contribution in [3.63, 3.8) is 0 Å². The molecule has 2 unspecified atom stereocenters. The fourth-order valence-electron chi connectivity index (χ4n) is 19.6. The lowest BCUT2D eigenvalue weighted by atomic mass is 9.49. The molecular weight excluding hydrogens is 1690 g/mol. The minimum Gasteiger partial charge on any atom is -0.399 e. The Morgan fingerprint density at radius 2 is 1.00 bits per heavy atom. The number of hydrogen-bond acceptors (Lipinski definition) is 22. The first kappa shape index (κ1) is 109. The lowest BCUT2D eigenvalue weighted by Gasteiger charge is -2.56. The van der Waals surface area contributed by atoms with Crippen molar-refractivity contribution < 1.29 is 99.8 Å². The van der Waals surface area contributed by atoms with Crippen LogP contribution in [0.5, 0.6) is 0 Å². The van der Waals surface area contributed by atoms with Gasteiger partial charge in [0.15, 0.2) is 0 Å². The largest absolute Gasteiger partial charge is 0.399 e. The maximum atomic E-state index is 15.1. The van der Waals surface area contributed by atoms with E-state index >= 15 is 4.79 Å². The van der Waals surface area contributed by atoms with Gasteiger partial charge in [0.2, 0.25) is 53.2 Å². The van der Waals surface area contributed by atoms with Crippen LogP contribution in [-0.4, -0.2) is 273 Å². The van der Waals surface area contributed by atoms with Gasteiger partial charge in [-0.3, -0.25) is 48.5 Å². The molecule has 2 aromatic carbocycles. The number of aryl methyl sites for hydroxylation is 3. The number of amides is 11. The van der Waals surface area contributed by atoms with Gasteiger partial charge in [0.05, 0.1) is 163 Å². The molecule has 33 nitrogen and oxygen atoms in total. The van der Waals surface area contributed by atoms with Gasteiger partial charge in [-0.1, -0.05) is 109 Å². The molecule has 0 radical (unpaired) electrons. The summed E-state index contributed by atoms with van der Waals surface area (Å²) in [5.41, 5.74) is 17.8. The first-order chi connectivity index (χ1) is 63.3. The number of nitrogens with one attached hydrogen (secondary N) is 10. The van der Waals surface area contributed by atoms with Crippen molar-refractivity contribution in [3.05, 3.63) is 75.6 Å². The third-order valence-electron chi connectivity index (χ3n) is 27.0. The van der Waals surface area contributed by atoms with Gasteiger partial charge in [0.25, 0.3) is 0 Å². The van der Waals surface area contributed by atoms with E-state index in [4.69, 9.17) is 58.8 Å². The normalized spacial score (nSPS) is 22.5. The summed E-state index contributed by atoms with van der Waals surface area (Å²) >= 11 is 0. The molecule has 0 aliphatic heterocycles. The van der Waals surface area contributed by atoms with E-state index in [0.717, 1.165) is 131 Å². The molecule has 0 aromatic heterocycles. The Labute approximate surface area is 783 Å². The minimum absolute atomic E-state index is 0.000840. The van der Waals surface area contributed by atoms with Crippen molar-refractivity contribution >= 4 is 64.9 Å². The standard InChI is InChI=1S/C99H159N13O20/c1-70(2)89(92(119)109-80(28-21-45-106-95(101)122)90(117)107-74-35-32-73-34-37-83-97(5,77(73)67-74)41-23-43-99(83,7)94(121)111-93(120)98(6)42-22-40-96(4)76-66-71(3)30-31-72(76)33-36-82(96)98)110-91(118)79(108-85(114)39-51-124-55-59-128-63-65-130-61-57-126-53-48-105-86(115)68-131-75-24-15-12-11-13-16-25-75)27-19-20-44-103-87(116)69-132-81-29-18-14-17-26-78(88(81)100)102-47-52-125-56-60-129-64-62-127-58-54-123-50-38-84(113)104-46-49-112(8,9)10/h30-32,35,66-67,70,75,79-83,89,102H,11-15,17-24,26-29,33-34,36-65,68-69,100H2,1-10H3,(H10-,101,103,104,105,106,107,108,109,110,111,113,114,115,116,117,118,119,120,121,122)/p+1/t75?,79-,80+,81?,82-,83-,89+,96-,97-,98+,99+/m1/s1. The predicted molar refractivity (Wildman–Crippen MR) is 503 cm³/mol. The molecule has 0 saturated heterocycles. The number of primary amides is 1. The maximum absolute atomic E-state index is 15.1. The van der Waals surface area contributed by atoms with Gasteiger partial charge >= 0.3 is 6.03 Å². The summed E-state index contributed by atoms with van der Waals surface area (Å²) in [5, 5.41) is 29.4. The molecule has 2 fully saturated rings. The Hall–Kier alpha value is -8.40. The van der Waals surface area contributed by atoms with Crippen LogP contribution in [0.3, 0.4) is 0 Å². The zero-order valence-electron chi connectivity index (χ0n) is 80.9. The van der Waals surface area contributed by atoms with Crippen molar-refractivity contribution in [1.29, 1.82) is 0 Å². The third-order valence-corrected chi connectivity index (χ3v) is 27.0. The molecule has 11 atom stereocenters. The SMILES string of the molecule is Cc1ccc2c(c1)[C@@]1(C)CCC[C@](C)(C(=O)NC(=O)[C@@]3(C)CCC[C@]4(C)c5cc(NC(=O)[C@H](CCCNC(N)=O)NC(=O)[C@@H](NC(=O)[C@@H](CCCCNC(=O)COC6CCCCCC(NCCOCCOCCOCCOCCC(=O)NCC[N+](C)(C)C)=C6N)NC(=O)CCOCCOCCOCCOCCNC(=O)COC6C#CCCCCC6)C(C)C)ccc5CC[C@@H]34)[C@@H]1CC2. The number of ether oxygens (including phenoxy) is 10. The maximum Gasteiger partial charge on any atom is 0.312 e. The number of allylic oxidation sites excluding steroid dienone is 1. The van der Waals surface area contributed by atoms with Gasteiger partial charge in [-0.15, -0.1) is 5.92 Å². The van der Waals surface area contributed by atoms with Gasteiger partial charge < -0.3 is 111 Å². The highest BCUT2D eigenvalue weighted by atomic mass is 16.6. The summed E-state index contributed by atoms with van der Waals surface area (Å²) in [7, 11) is 6.23. The highest BCUT2D eigenvalue weighted by Gasteiger charge is 2.59. The Morgan fingerprint density at radius 3 is 1.60 bits per heavy atom. The zero-order valence-corrected chi connectivity index (χ0v) is 80.9. The number of rotatable bonds is 59. The fourth-order valence-corrected chi connectivity index (χ4v) is 19.6. The number of carbonyl (C=O) groups excluding carboxylic acids is 10. The van der Waals surface area contributed by atoms with Crippen LogP contribution >= 0.6 is 0 Å². The van der Waals surface area contributed by atoms with Crippen LogP contribution in [0.2, 0.25) is 0 Å². The summed E-state index contributed by atoms with van der Waals surface area (Å²) in [6, 6.07) is 8.24. The van der Waals surface area contributed by atoms with Crippen LogP contribution in [0.1, 0.15) is 230 Å². The molecule has 11 amide bonds. The molecule has 33 heteroatoms. The number of urea groups is 1. The molecule has 0 heterocycles. The monoisotopic (exact) mass is 1850 g/mol. The number of likely N-dealkylation sites (N-methyl/N-ethyl adjacent to an activating group) is 1. The first-order valence-electron chi connectivity index (χ1n) is 48.8. The van der Waals surface area contributed by atoms with E-state index in [1.165, 1.54) is 16.7 Å². The quantitative estimate of drug-likeness (QED) is 0.0132. The Morgan fingerprint density at radius 1 is 0.485 bits per heavy atom. The highest BCUT2D eigenvalue weighted by molar-refractivity contribution is 6.01. The van der Waals surface area contributed by atoms with Crippen molar-refractivity contribution in [1.82, 2.24) is 47.9 Å². The Bertz CT molecular complexity index is 4100. The van der Waals surface area contributed by atoms with Gasteiger partial charge in [-0.2, -0.15) is 0 Å². The molecule has 2 aromatic rings. The number of benzene rings is 2. The Balaban J connectivity index is 0.814. The number of hydrogen-bond donors (Lipinski definition) is 12. The first-order valence-corrected chi connectivity index (χ1v) is 48.8.